The van der Waals surface area contributed by atoms with Crippen molar-refractivity contribution in [1.29, 1.82) is 0 Å². The first kappa shape index (κ1) is 14.5. The first-order chi connectivity index (χ1) is 9.29. The fourth-order valence-electron chi connectivity index (χ4n) is 2.43. The lowest BCUT2D eigenvalue weighted by atomic mass is 9.98. The van der Waals surface area contributed by atoms with E-state index < -0.39 is 0 Å². The Morgan fingerprint density at radius 1 is 1.21 bits per heavy atom. The maximum atomic E-state index is 3.53. The first-order valence-corrected chi connectivity index (χ1v) is 7.52. The largest absolute Gasteiger partial charge is 0.314 e. The van der Waals surface area contributed by atoms with Crippen LogP contribution in [0.5, 0.6) is 0 Å². The Balaban J connectivity index is 1.73. The molecule has 3 heteroatoms. The minimum atomic E-state index is 0.669. The van der Waals surface area contributed by atoms with Gasteiger partial charge in [-0.15, -0.1) is 0 Å². The molecular formula is C16H27N3. The molecule has 1 aliphatic rings. The smallest absolute Gasteiger partial charge is 0.0484 e. The highest BCUT2D eigenvalue weighted by molar-refractivity contribution is 5.24. The summed E-state index contributed by atoms with van der Waals surface area (Å²) in [4.78, 5) is 2.46. The lowest BCUT2D eigenvalue weighted by molar-refractivity contribution is 0.223. The molecular weight excluding hydrogens is 234 g/mol. The van der Waals surface area contributed by atoms with E-state index >= 15 is 0 Å². The van der Waals surface area contributed by atoms with Crippen molar-refractivity contribution in [2.45, 2.75) is 32.7 Å². The summed E-state index contributed by atoms with van der Waals surface area (Å²) in [6.07, 6.45) is 1.21. The second-order valence-corrected chi connectivity index (χ2v) is 5.50. The average Bonchev–Trinajstić information content (AvgIpc) is 2.48. The van der Waals surface area contributed by atoms with E-state index in [1.807, 2.05) is 0 Å². The third-order valence-electron chi connectivity index (χ3n) is 4.04. The summed E-state index contributed by atoms with van der Waals surface area (Å²) < 4.78 is 0. The van der Waals surface area contributed by atoms with Crippen molar-refractivity contribution < 1.29 is 0 Å². The maximum absolute atomic E-state index is 3.53. The molecule has 2 N–H and O–H groups in total. The van der Waals surface area contributed by atoms with Crippen LogP contribution < -0.4 is 10.6 Å². The summed E-state index contributed by atoms with van der Waals surface area (Å²) in [5.41, 5.74) is 2.83. The standard InChI is InChI=1S/C16H27N3/c1-3-14(2)16-6-4-15(5-7-16)12-18-13-19-10-8-17-9-11-19/h4-7,14,17-18H,3,8-13H2,1-2H3. The van der Waals surface area contributed by atoms with Crippen molar-refractivity contribution in [2.75, 3.05) is 32.8 Å². The SMILES string of the molecule is CCC(C)c1ccc(CNCN2CCNCC2)cc1. The summed E-state index contributed by atoms with van der Waals surface area (Å²) in [6.45, 7) is 11.0. The summed E-state index contributed by atoms with van der Waals surface area (Å²) >= 11 is 0. The fraction of sp³-hybridized carbons (Fsp3) is 0.625. The predicted molar refractivity (Wildman–Crippen MR) is 81.3 cm³/mol. The van der Waals surface area contributed by atoms with Gasteiger partial charge in [0, 0.05) is 39.4 Å². The Morgan fingerprint density at radius 3 is 2.53 bits per heavy atom. The van der Waals surface area contributed by atoms with Gasteiger partial charge in [-0.1, -0.05) is 38.1 Å². The summed E-state index contributed by atoms with van der Waals surface area (Å²) in [6, 6.07) is 9.06. The van der Waals surface area contributed by atoms with Crippen LogP contribution in [0.4, 0.5) is 0 Å². The van der Waals surface area contributed by atoms with Crippen molar-refractivity contribution in [3.8, 4) is 0 Å². The molecule has 1 aliphatic heterocycles. The van der Waals surface area contributed by atoms with Crippen LogP contribution in [0.1, 0.15) is 37.3 Å². The second kappa shape index (κ2) is 7.63. The summed E-state index contributed by atoms with van der Waals surface area (Å²) in [7, 11) is 0. The highest BCUT2D eigenvalue weighted by Gasteiger charge is 2.08. The van der Waals surface area contributed by atoms with Crippen molar-refractivity contribution in [1.82, 2.24) is 15.5 Å². The topological polar surface area (TPSA) is 27.3 Å². The quantitative estimate of drug-likeness (QED) is 0.821. The Morgan fingerprint density at radius 2 is 1.89 bits per heavy atom. The lowest BCUT2D eigenvalue weighted by Gasteiger charge is -2.27. The number of rotatable bonds is 6. The molecule has 0 radical (unpaired) electrons. The van der Waals surface area contributed by atoms with Crippen LogP contribution in [0.25, 0.3) is 0 Å². The number of hydrogen-bond donors (Lipinski definition) is 2. The fourth-order valence-corrected chi connectivity index (χ4v) is 2.43. The van der Waals surface area contributed by atoms with Gasteiger partial charge in [-0.2, -0.15) is 0 Å². The zero-order chi connectivity index (χ0) is 13.5. The minimum absolute atomic E-state index is 0.669. The first-order valence-electron chi connectivity index (χ1n) is 7.52. The number of benzene rings is 1. The van der Waals surface area contributed by atoms with E-state index in [9.17, 15) is 0 Å². The molecule has 1 saturated heterocycles. The molecule has 0 saturated carbocycles. The van der Waals surface area contributed by atoms with Gasteiger partial charge in [0.2, 0.25) is 0 Å². The van der Waals surface area contributed by atoms with Crippen LogP contribution in [0.15, 0.2) is 24.3 Å². The van der Waals surface area contributed by atoms with E-state index in [1.54, 1.807) is 0 Å². The van der Waals surface area contributed by atoms with Gasteiger partial charge in [-0.25, -0.2) is 0 Å². The summed E-state index contributed by atoms with van der Waals surface area (Å²) in [5, 5.41) is 6.91. The Hall–Kier alpha value is -0.900. The van der Waals surface area contributed by atoms with Gasteiger partial charge in [0.15, 0.2) is 0 Å². The molecule has 106 valence electrons. The van der Waals surface area contributed by atoms with Gasteiger partial charge in [0.25, 0.3) is 0 Å². The molecule has 1 atom stereocenters. The molecule has 0 spiro atoms. The molecule has 0 aliphatic carbocycles. The van der Waals surface area contributed by atoms with Gasteiger partial charge in [0.1, 0.15) is 0 Å². The van der Waals surface area contributed by atoms with E-state index in [2.05, 4.69) is 53.6 Å². The van der Waals surface area contributed by atoms with Gasteiger partial charge in [-0.3, -0.25) is 4.90 Å². The molecule has 0 amide bonds. The van der Waals surface area contributed by atoms with Crippen LogP contribution in [-0.2, 0) is 6.54 Å². The highest BCUT2D eigenvalue weighted by Crippen LogP contribution is 2.18. The molecule has 19 heavy (non-hydrogen) atoms. The zero-order valence-corrected chi connectivity index (χ0v) is 12.3. The van der Waals surface area contributed by atoms with Gasteiger partial charge < -0.3 is 10.6 Å². The monoisotopic (exact) mass is 261 g/mol. The van der Waals surface area contributed by atoms with E-state index in [4.69, 9.17) is 0 Å². The molecule has 3 nitrogen and oxygen atoms in total. The number of hydrogen-bond acceptors (Lipinski definition) is 3. The Labute approximate surface area is 117 Å². The van der Waals surface area contributed by atoms with Crippen LogP contribution in [-0.4, -0.2) is 37.7 Å². The van der Waals surface area contributed by atoms with Crippen molar-refractivity contribution >= 4 is 0 Å². The molecule has 2 rings (SSSR count). The molecule has 0 aromatic heterocycles. The minimum Gasteiger partial charge on any atom is -0.314 e. The van der Waals surface area contributed by atoms with Crippen LogP contribution in [0.3, 0.4) is 0 Å². The van der Waals surface area contributed by atoms with E-state index in [0.717, 1.165) is 39.4 Å². The lowest BCUT2D eigenvalue weighted by Crippen LogP contribution is -2.46. The Kier molecular flexibility index (Phi) is 5.83. The number of nitrogens with zero attached hydrogens (tertiary/aromatic N) is 1. The summed E-state index contributed by atoms with van der Waals surface area (Å²) in [5.74, 6) is 0.669. The van der Waals surface area contributed by atoms with Gasteiger partial charge in [-0.05, 0) is 23.5 Å². The molecule has 1 aromatic rings. The molecule has 1 aromatic carbocycles. The highest BCUT2D eigenvalue weighted by atomic mass is 15.2. The molecule has 1 unspecified atom stereocenters. The van der Waals surface area contributed by atoms with Crippen LogP contribution in [0.2, 0.25) is 0 Å². The maximum Gasteiger partial charge on any atom is 0.0484 e. The normalized spacial score (nSPS) is 18.4. The van der Waals surface area contributed by atoms with Crippen LogP contribution >= 0.6 is 0 Å². The predicted octanol–water partition coefficient (Wildman–Crippen LogP) is 2.15. The van der Waals surface area contributed by atoms with E-state index in [-0.39, 0.29) is 0 Å². The van der Waals surface area contributed by atoms with E-state index in [1.165, 1.54) is 17.5 Å². The van der Waals surface area contributed by atoms with Crippen molar-refractivity contribution in [3.63, 3.8) is 0 Å². The van der Waals surface area contributed by atoms with Gasteiger partial charge >= 0.3 is 0 Å². The average molecular weight is 261 g/mol. The number of nitrogens with one attached hydrogen (secondary N) is 2. The molecule has 1 fully saturated rings. The third-order valence-corrected chi connectivity index (χ3v) is 4.04. The van der Waals surface area contributed by atoms with Crippen LogP contribution in [0, 0.1) is 0 Å². The van der Waals surface area contributed by atoms with Gasteiger partial charge in [0.05, 0.1) is 0 Å². The van der Waals surface area contributed by atoms with E-state index in [0.29, 0.717) is 5.92 Å². The third kappa shape index (κ3) is 4.60. The number of piperazine rings is 1. The molecule has 0 bridgehead atoms. The Bertz CT molecular complexity index is 355. The van der Waals surface area contributed by atoms with Crippen molar-refractivity contribution in [3.05, 3.63) is 35.4 Å². The zero-order valence-electron chi connectivity index (χ0n) is 12.3. The second-order valence-electron chi connectivity index (χ2n) is 5.50. The van der Waals surface area contributed by atoms with Crippen molar-refractivity contribution in [2.24, 2.45) is 0 Å². The molecule has 1 heterocycles.